The van der Waals surface area contributed by atoms with E-state index in [-0.39, 0.29) is 37.5 Å². The lowest BCUT2D eigenvalue weighted by atomic mass is 10.1. The van der Waals surface area contributed by atoms with E-state index < -0.39 is 6.10 Å². The van der Waals surface area contributed by atoms with Gasteiger partial charge in [-0.25, -0.2) is 0 Å². The molecule has 0 aromatic carbocycles. The maximum absolute atomic E-state index is 12.7. The molecule has 1 atom stereocenters. The fourth-order valence-electron chi connectivity index (χ4n) is 5.51. The number of unbranched alkanes of at least 4 members (excludes halogenated alkanes) is 11. The Labute approximate surface area is 343 Å². The molecule has 0 radical (unpaired) electrons. The number of allylic oxidation sites excluding steroid dienone is 16. The highest BCUT2D eigenvalue weighted by Crippen LogP contribution is 2.11. The second-order valence-corrected chi connectivity index (χ2v) is 14.2. The predicted molar refractivity (Wildman–Crippen MR) is 237 cm³/mol. The lowest BCUT2D eigenvalue weighted by Gasteiger charge is -2.18. The largest absolute Gasteiger partial charge is 0.462 e. The highest BCUT2D eigenvalue weighted by Gasteiger charge is 2.19. The molecule has 0 spiro atoms. The molecule has 1 unspecified atom stereocenters. The number of hydrogen-bond donors (Lipinski definition) is 0. The van der Waals surface area contributed by atoms with Crippen molar-refractivity contribution < 1.29 is 28.6 Å². The Balaban J connectivity index is 4.51. The van der Waals surface area contributed by atoms with Crippen molar-refractivity contribution in [2.45, 2.75) is 187 Å². The van der Waals surface area contributed by atoms with Gasteiger partial charge >= 0.3 is 17.9 Å². The molecule has 6 nitrogen and oxygen atoms in total. The number of carbonyl (C=O) groups is 3. The normalized spacial score (nSPS) is 13.0. The summed E-state index contributed by atoms with van der Waals surface area (Å²) in [6, 6.07) is 0. The van der Waals surface area contributed by atoms with Crippen LogP contribution in [0.25, 0.3) is 0 Å². The minimum Gasteiger partial charge on any atom is -0.462 e. The Bertz CT molecular complexity index is 1170. The predicted octanol–water partition coefficient (Wildman–Crippen LogP) is 14.2. The molecule has 0 aliphatic rings. The van der Waals surface area contributed by atoms with E-state index in [2.05, 4.69) is 118 Å². The number of rotatable bonds is 38. The minimum absolute atomic E-state index is 0.118. The molecule has 0 rings (SSSR count). The Morgan fingerprint density at radius 1 is 0.375 bits per heavy atom. The third-order valence-corrected chi connectivity index (χ3v) is 8.80. The van der Waals surface area contributed by atoms with E-state index in [1.165, 1.54) is 32.1 Å². The molecule has 0 amide bonds. The zero-order valence-electron chi connectivity index (χ0n) is 35.9. The van der Waals surface area contributed by atoms with E-state index in [4.69, 9.17) is 14.2 Å². The maximum Gasteiger partial charge on any atom is 0.306 e. The van der Waals surface area contributed by atoms with Crippen LogP contribution in [0, 0.1) is 0 Å². The SMILES string of the molecule is CC/C=C\C/C=C\C/C=C\C/C=C\C/C=C\CCCC(=O)OCC(COC(=O)CCCC/C=C\C/C=C\CC)OC(=O)CCCCCCC/C=C\CCCCC. The molecule has 0 fully saturated rings. The van der Waals surface area contributed by atoms with Gasteiger partial charge in [0.05, 0.1) is 0 Å². The first-order chi connectivity index (χ1) is 27.5. The van der Waals surface area contributed by atoms with Crippen molar-refractivity contribution in [2.75, 3.05) is 13.2 Å². The minimum atomic E-state index is -0.815. The fraction of sp³-hybridized carbons (Fsp3) is 0.620. The average Bonchev–Trinajstić information content (AvgIpc) is 3.19. The van der Waals surface area contributed by atoms with Crippen LogP contribution >= 0.6 is 0 Å². The van der Waals surface area contributed by atoms with Gasteiger partial charge in [-0.05, 0) is 109 Å². The van der Waals surface area contributed by atoms with Crippen LogP contribution < -0.4 is 0 Å². The van der Waals surface area contributed by atoms with E-state index in [0.29, 0.717) is 19.3 Å². The molecule has 6 heteroatoms. The summed E-state index contributed by atoms with van der Waals surface area (Å²) in [5, 5.41) is 0. The maximum atomic E-state index is 12.7. The molecule has 0 saturated heterocycles. The lowest BCUT2D eigenvalue weighted by molar-refractivity contribution is -0.167. The first kappa shape index (κ1) is 52.3. The smallest absolute Gasteiger partial charge is 0.306 e. The van der Waals surface area contributed by atoms with Crippen LogP contribution in [-0.2, 0) is 28.6 Å². The Kier molecular flexibility index (Phi) is 41.2. The molecule has 0 aliphatic heterocycles. The van der Waals surface area contributed by atoms with Crippen LogP contribution in [0.1, 0.15) is 181 Å². The molecule has 0 aliphatic carbocycles. The third-order valence-electron chi connectivity index (χ3n) is 8.80. The second kappa shape index (κ2) is 44.0. The Morgan fingerprint density at radius 3 is 1.21 bits per heavy atom. The molecule has 0 aromatic heterocycles. The zero-order valence-corrected chi connectivity index (χ0v) is 35.9. The Hall–Kier alpha value is -3.67. The van der Waals surface area contributed by atoms with E-state index >= 15 is 0 Å². The van der Waals surface area contributed by atoms with Crippen molar-refractivity contribution in [2.24, 2.45) is 0 Å². The lowest BCUT2D eigenvalue weighted by Crippen LogP contribution is -2.30. The molecule has 0 saturated carbocycles. The molecule has 0 bridgehead atoms. The summed E-state index contributed by atoms with van der Waals surface area (Å²) in [4.78, 5) is 37.6. The molecule has 0 heterocycles. The van der Waals surface area contributed by atoms with Gasteiger partial charge in [0.2, 0.25) is 0 Å². The van der Waals surface area contributed by atoms with Gasteiger partial charge in [0.1, 0.15) is 13.2 Å². The van der Waals surface area contributed by atoms with Crippen LogP contribution in [0.3, 0.4) is 0 Å². The third kappa shape index (κ3) is 41.5. The summed E-state index contributed by atoms with van der Waals surface area (Å²) < 4.78 is 16.6. The van der Waals surface area contributed by atoms with Gasteiger partial charge in [-0.2, -0.15) is 0 Å². The van der Waals surface area contributed by atoms with Crippen molar-refractivity contribution in [3.05, 3.63) is 97.2 Å². The second-order valence-electron chi connectivity index (χ2n) is 14.2. The molecule has 0 aromatic rings. The first-order valence-corrected chi connectivity index (χ1v) is 22.2. The molecular formula is C50H80O6. The Morgan fingerprint density at radius 2 is 0.714 bits per heavy atom. The number of ether oxygens (including phenoxy) is 3. The summed E-state index contributed by atoms with van der Waals surface area (Å²) in [5.74, 6) is -1.03. The van der Waals surface area contributed by atoms with E-state index in [9.17, 15) is 14.4 Å². The average molecular weight is 777 g/mol. The number of hydrogen-bond acceptors (Lipinski definition) is 6. The van der Waals surface area contributed by atoms with Gasteiger partial charge in [0.25, 0.3) is 0 Å². The van der Waals surface area contributed by atoms with Crippen LogP contribution in [0.4, 0.5) is 0 Å². The van der Waals surface area contributed by atoms with Crippen LogP contribution in [0.5, 0.6) is 0 Å². The fourth-order valence-corrected chi connectivity index (χ4v) is 5.51. The van der Waals surface area contributed by atoms with E-state index in [1.54, 1.807) is 0 Å². The first-order valence-electron chi connectivity index (χ1n) is 22.2. The molecular weight excluding hydrogens is 697 g/mol. The summed E-state index contributed by atoms with van der Waals surface area (Å²) in [6.45, 7) is 6.25. The van der Waals surface area contributed by atoms with Crippen LogP contribution in [-0.4, -0.2) is 37.2 Å². The summed E-state index contributed by atoms with van der Waals surface area (Å²) in [5.41, 5.74) is 0. The van der Waals surface area contributed by atoms with Gasteiger partial charge in [0.15, 0.2) is 6.10 Å². The van der Waals surface area contributed by atoms with E-state index in [1.807, 2.05) is 0 Å². The summed E-state index contributed by atoms with van der Waals surface area (Å²) in [7, 11) is 0. The zero-order chi connectivity index (χ0) is 40.8. The van der Waals surface area contributed by atoms with Gasteiger partial charge < -0.3 is 14.2 Å². The molecule has 0 N–H and O–H groups in total. The van der Waals surface area contributed by atoms with Crippen molar-refractivity contribution in [3.63, 3.8) is 0 Å². The number of esters is 3. The monoisotopic (exact) mass is 777 g/mol. The molecule has 316 valence electrons. The molecule has 56 heavy (non-hydrogen) atoms. The van der Waals surface area contributed by atoms with Crippen molar-refractivity contribution in [1.82, 2.24) is 0 Å². The quantitative estimate of drug-likeness (QED) is 0.0269. The van der Waals surface area contributed by atoms with Gasteiger partial charge in [0, 0.05) is 19.3 Å². The van der Waals surface area contributed by atoms with Gasteiger partial charge in [-0.1, -0.05) is 150 Å². The summed E-state index contributed by atoms with van der Waals surface area (Å²) in [6.07, 6.45) is 56.9. The van der Waals surface area contributed by atoms with Gasteiger partial charge in [-0.15, -0.1) is 0 Å². The van der Waals surface area contributed by atoms with Crippen LogP contribution in [0.15, 0.2) is 97.2 Å². The van der Waals surface area contributed by atoms with E-state index in [0.717, 1.165) is 103 Å². The van der Waals surface area contributed by atoms with Crippen molar-refractivity contribution in [1.29, 1.82) is 0 Å². The summed E-state index contributed by atoms with van der Waals surface area (Å²) >= 11 is 0. The highest BCUT2D eigenvalue weighted by molar-refractivity contribution is 5.71. The van der Waals surface area contributed by atoms with Crippen molar-refractivity contribution in [3.8, 4) is 0 Å². The number of carbonyl (C=O) groups excluding carboxylic acids is 3. The standard InChI is InChI=1S/C50H80O6/c1-4-7-10-13-16-19-21-23-24-25-26-27-29-31-34-37-40-43-49(52)55-46-47(45-54-48(51)42-39-36-33-30-18-15-12-9-6-3)56-50(53)44-41-38-35-32-28-22-20-17-14-11-8-5-2/h7,9-10,12,16-20,23-24,26-27,30-31,34,47H,4-6,8,11,13-15,21-22,25,28-29,32-33,35-46H2,1-3H3/b10-7-,12-9-,19-16-,20-17-,24-23-,27-26-,30-18-,34-31-. The topological polar surface area (TPSA) is 78.9 Å². The van der Waals surface area contributed by atoms with Crippen LogP contribution in [0.2, 0.25) is 0 Å². The van der Waals surface area contributed by atoms with Gasteiger partial charge in [-0.3, -0.25) is 14.4 Å². The van der Waals surface area contributed by atoms with Crippen molar-refractivity contribution >= 4 is 17.9 Å². The highest BCUT2D eigenvalue weighted by atomic mass is 16.6.